The van der Waals surface area contributed by atoms with Crippen molar-refractivity contribution < 1.29 is 4.79 Å². The molecule has 29 heavy (non-hydrogen) atoms. The Morgan fingerprint density at radius 1 is 1.07 bits per heavy atom. The molecule has 2 heterocycles. The highest BCUT2D eigenvalue weighted by molar-refractivity contribution is 6.05. The van der Waals surface area contributed by atoms with E-state index in [4.69, 9.17) is 0 Å². The molecule has 4 rings (SSSR count). The number of hydrogen-bond donors (Lipinski definition) is 1. The molecule has 0 radical (unpaired) electrons. The molecule has 0 saturated carbocycles. The van der Waals surface area contributed by atoms with E-state index in [2.05, 4.69) is 57.5 Å². The Kier molecular flexibility index (Phi) is 6.17. The minimum atomic E-state index is -0.0263. The van der Waals surface area contributed by atoms with Crippen LogP contribution in [0.3, 0.4) is 0 Å². The number of carbonyl (C=O) groups excluding carboxylic acids is 1. The van der Waals surface area contributed by atoms with Crippen LogP contribution in [0.5, 0.6) is 0 Å². The molecular weight excluding hydrogens is 360 g/mol. The van der Waals surface area contributed by atoms with Crippen LogP contribution in [0.15, 0.2) is 66.9 Å². The summed E-state index contributed by atoms with van der Waals surface area (Å²) in [7, 11) is 2.19. The number of para-hydroxylation sites is 1. The molecule has 1 fully saturated rings. The van der Waals surface area contributed by atoms with Crippen molar-refractivity contribution in [2.75, 3.05) is 39.8 Å². The normalized spacial score (nSPS) is 18.0. The van der Waals surface area contributed by atoms with Gasteiger partial charge in [-0.25, -0.2) is 0 Å². The molecule has 1 amide bonds. The summed E-state index contributed by atoms with van der Waals surface area (Å²) in [6.07, 6.45) is 2.63. The third-order valence-corrected chi connectivity index (χ3v) is 5.68. The average Bonchev–Trinajstić information content (AvgIpc) is 2.77. The van der Waals surface area contributed by atoms with Crippen molar-refractivity contribution in [2.24, 2.45) is 0 Å². The number of piperazine rings is 1. The Balaban J connectivity index is 1.34. The SMILES string of the molecule is CN1CCN(CCCNC(=O)c2ccnc3ccccc23)C(c2ccccc2)C1. The number of nitrogens with zero attached hydrogens (tertiary/aromatic N) is 3. The molecule has 3 aromatic rings. The van der Waals surface area contributed by atoms with Crippen molar-refractivity contribution in [3.05, 3.63) is 78.0 Å². The minimum absolute atomic E-state index is 0.0263. The van der Waals surface area contributed by atoms with E-state index in [1.54, 1.807) is 12.3 Å². The monoisotopic (exact) mass is 388 g/mol. The number of amides is 1. The highest BCUT2D eigenvalue weighted by atomic mass is 16.1. The topological polar surface area (TPSA) is 48.5 Å². The Morgan fingerprint density at radius 2 is 1.86 bits per heavy atom. The molecule has 0 spiro atoms. The van der Waals surface area contributed by atoms with Crippen LogP contribution in [0.2, 0.25) is 0 Å². The van der Waals surface area contributed by atoms with E-state index in [0.717, 1.165) is 43.5 Å². The van der Waals surface area contributed by atoms with Gasteiger partial charge in [0, 0.05) is 50.3 Å². The fourth-order valence-corrected chi connectivity index (χ4v) is 4.09. The lowest BCUT2D eigenvalue weighted by Crippen LogP contribution is -2.47. The van der Waals surface area contributed by atoms with Crippen LogP contribution in [0.25, 0.3) is 10.9 Å². The summed E-state index contributed by atoms with van der Waals surface area (Å²) in [4.78, 5) is 22.0. The Bertz CT molecular complexity index is 954. The Morgan fingerprint density at radius 3 is 2.72 bits per heavy atom. The Labute approximate surface area is 172 Å². The second kappa shape index (κ2) is 9.16. The zero-order valence-corrected chi connectivity index (χ0v) is 16.9. The maximum Gasteiger partial charge on any atom is 0.252 e. The highest BCUT2D eigenvalue weighted by Crippen LogP contribution is 2.24. The molecule has 1 aliphatic heterocycles. The van der Waals surface area contributed by atoms with Gasteiger partial charge in [0.05, 0.1) is 11.1 Å². The summed E-state index contributed by atoms with van der Waals surface area (Å²) in [5, 5.41) is 3.99. The van der Waals surface area contributed by atoms with E-state index in [0.29, 0.717) is 18.2 Å². The van der Waals surface area contributed by atoms with E-state index in [9.17, 15) is 4.79 Å². The van der Waals surface area contributed by atoms with Crippen molar-refractivity contribution in [1.82, 2.24) is 20.1 Å². The van der Waals surface area contributed by atoms with Gasteiger partial charge >= 0.3 is 0 Å². The zero-order chi connectivity index (χ0) is 20.1. The number of aromatic nitrogens is 1. The number of rotatable bonds is 6. The van der Waals surface area contributed by atoms with E-state index in [1.165, 1.54) is 5.56 Å². The van der Waals surface area contributed by atoms with Crippen LogP contribution in [-0.4, -0.2) is 60.5 Å². The van der Waals surface area contributed by atoms with Crippen molar-refractivity contribution in [2.45, 2.75) is 12.5 Å². The van der Waals surface area contributed by atoms with Gasteiger partial charge in [-0.15, -0.1) is 0 Å². The van der Waals surface area contributed by atoms with Crippen LogP contribution in [-0.2, 0) is 0 Å². The highest BCUT2D eigenvalue weighted by Gasteiger charge is 2.25. The van der Waals surface area contributed by atoms with Gasteiger partial charge in [0.15, 0.2) is 0 Å². The number of likely N-dealkylation sites (N-methyl/N-ethyl adjacent to an activating group) is 1. The van der Waals surface area contributed by atoms with Crippen molar-refractivity contribution in [3.8, 4) is 0 Å². The molecule has 0 bridgehead atoms. The molecular formula is C24H28N4O. The maximum absolute atomic E-state index is 12.7. The summed E-state index contributed by atoms with van der Waals surface area (Å²) in [6, 6.07) is 20.7. The predicted molar refractivity (Wildman–Crippen MR) is 117 cm³/mol. The molecule has 1 saturated heterocycles. The number of pyridine rings is 1. The first-order chi connectivity index (χ1) is 14.2. The van der Waals surface area contributed by atoms with Gasteiger partial charge in [-0.05, 0) is 31.2 Å². The second-order valence-corrected chi connectivity index (χ2v) is 7.71. The largest absolute Gasteiger partial charge is 0.352 e. The lowest BCUT2D eigenvalue weighted by molar-refractivity contribution is 0.0866. The summed E-state index contributed by atoms with van der Waals surface area (Å²) in [5.74, 6) is -0.0263. The first kappa shape index (κ1) is 19.6. The van der Waals surface area contributed by atoms with E-state index < -0.39 is 0 Å². The number of carbonyl (C=O) groups is 1. The second-order valence-electron chi connectivity index (χ2n) is 7.71. The standard InChI is InChI=1S/C24H28N4O/c1-27-16-17-28(23(18-27)19-8-3-2-4-9-19)15-7-13-26-24(29)21-12-14-25-22-11-6-5-10-20(21)22/h2-6,8-12,14,23H,7,13,15-18H2,1H3,(H,26,29). The molecule has 1 aliphatic rings. The zero-order valence-electron chi connectivity index (χ0n) is 16.9. The smallest absolute Gasteiger partial charge is 0.252 e. The number of nitrogens with one attached hydrogen (secondary N) is 1. The van der Waals surface area contributed by atoms with Crippen LogP contribution in [0, 0.1) is 0 Å². The maximum atomic E-state index is 12.7. The van der Waals surface area contributed by atoms with Gasteiger partial charge in [0.25, 0.3) is 5.91 Å². The van der Waals surface area contributed by atoms with Crippen LogP contribution < -0.4 is 5.32 Å². The van der Waals surface area contributed by atoms with Gasteiger partial charge in [-0.2, -0.15) is 0 Å². The van der Waals surface area contributed by atoms with E-state index in [-0.39, 0.29) is 5.91 Å². The quantitative estimate of drug-likeness (QED) is 0.658. The van der Waals surface area contributed by atoms with Crippen molar-refractivity contribution in [3.63, 3.8) is 0 Å². The lowest BCUT2D eigenvalue weighted by atomic mass is 10.0. The van der Waals surface area contributed by atoms with Gasteiger partial charge in [0.1, 0.15) is 0 Å². The molecule has 1 unspecified atom stereocenters. The summed E-state index contributed by atoms with van der Waals surface area (Å²) in [5.41, 5.74) is 2.91. The third kappa shape index (κ3) is 4.63. The van der Waals surface area contributed by atoms with Crippen LogP contribution in [0.4, 0.5) is 0 Å². The summed E-state index contributed by atoms with van der Waals surface area (Å²) < 4.78 is 0. The summed E-state index contributed by atoms with van der Waals surface area (Å²) in [6.45, 7) is 4.82. The number of benzene rings is 2. The summed E-state index contributed by atoms with van der Waals surface area (Å²) >= 11 is 0. The first-order valence-corrected chi connectivity index (χ1v) is 10.3. The Hall–Kier alpha value is -2.76. The fourth-order valence-electron chi connectivity index (χ4n) is 4.09. The third-order valence-electron chi connectivity index (χ3n) is 5.68. The first-order valence-electron chi connectivity index (χ1n) is 10.3. The molecule has 2 aromatic carbocycles. The number of fused-ring (bicyclic) bond motifs is 1. The average molecular weight is 389 g/mol. The molecule has 5 heteroatoms. The molecule has 1 atom stereocenters. The van der Waals surface area contributed by atoms with Crippen LogP contribution >= 0.6 is 0 Å². The van der Waals surface area contributed by atoms with Crippen molar-refractivity contribution >= 4 is 16.8 Å². The minimum Gasteiger partial charge on any atom is -0.352 e. The predicted octanol–water partition coefficient (Wildman–Crippen LogP) is 3.34. The van der Waals surface area contributed by atoms with Gasteiger partial charge < -0.3 is 10.2 Å². The van der Waals surface area contributed by atoms with E-state index >= 15 is 0 Å². The lowest BCUT2D eigenvalue weighted by Gasteiger charge is -2.40. The fraction of sp³-hybridized carbons (Fsp3) is 0.333. The molecule has 5 nitrogen and oxygen atoms in total. The van der Waals surface area contributed by atoms with E-state index in [1.807, 2.05) is 24.3 Å². The molecule has 150 valence electrons. The molecule has 1 N–H and O–H groups in total. The van der Waals surface area contributed by atoms with Gasteiger partial charge in [-0.3, -0.25) is 14.7 Å². The van der Waals surface area contributed by atoms with Gasteiger partial charge in [-0.1, -0.05) is 48.5 Å². The van der Waals surface area contributed by atoms with Gasteiger partial charge in [0.2, 0.25) is 0 Å². The molecule has 0 aliphatic carbocycles. The molecule has 1 aromatic heterocycles. The number of hydrogen-bond acceptors (Lipinski definition) is 4. The van der Waals surface area contributed by atoms with Crippen LogP contribution in [0.1, 0.15) is 28.4 Å². The van der Waals surface area contributed by atoms with Crippen molar-refractivity contribution in [1.29, 1.82) is 0 Å².